The monoisotopic (exact) mass is 457 g/mol. The van der Waals surface area contributed by atoms with Crippen LogP contribution >= 0.6 is 15.9 Å². The summed E-state index contributed by atoms with van der Waals surface area (Å²) >= 11 is 3.39. The number of para-hydroxylation sites is 1. The third kappa shape index (κ3) is 5.82. The number of hydrogen-bond acceptors (Lipinski definition) is 3. The average molecular weight is 458 g/mol. The predicted octanol–water partition coefficient (Wildman–Crippen LogP) is 4.23. The van der Waals surface area contributed by atoms with Gasteiger partial charge in [0.1, 0.15) is 0 Å². The first kappa shape index (κ1) is 21.4. The summed E-state index contributed by atoms with van der Waals surface area (Å²) in [5, 5.41) is 6.15. The van der Waals surface area contributed by atoms with Gasteiger partial charge in [0.2, 0.25) is 0 Å². The van der Waals surface area contributed by atoms with Gasteiger partial charge in [-0.25, -0.2) is 0 Å². The fourth-order valence-electron chi connectivity index (χ4n) is 3.47. The van der Waals surface area contributed by atoms with Crippen LogP contribution in [0.15, 0.2) is 53.0 Å². The maximum Gasteiger partial charge on any atom is 0.253 e. The van der Waals surface area contributed by atoms with Crippen LogP contribution in [0.3, 0.4) is 0 Å². The fraction of sp³-hybridized carbons (Fsp3) is 0.391. The molecular formula is C23H28BrN3O2. The second-order valence-electron chi connectivity index (χ2n) is 7.86. The molecule has 2 aromatic carbocycles. The van der Waals surface area contributed by atoms with Crippen molar-refractivity contribution < 1.29 is 9.59 Å². The Labute approximate surface area is 181 Å². The van der Waals surface area contributed by atoms with Gasteiger partial charge in [0, 0.05) is 41.4 Å². The molecule has 2 amide bonds. The van der Waals surface area contributed by atoms with Crippen molar-refractivity contribution >= 4 is 33.4 Å². The quantitative estimate of drug-likeness (QED) is 0.681. The SMILES string of the molecule is CC(C)CNC(=O)c1ccccc1N1CCC(NC(=O)c2ccc(Br)cc2)CC1. The maximum absolute atomic E-state index is 12.6. The van der Waals surface area contributed by atoms with E-state index in [9.17, 15) is 9.59 Å². The van der Waals surface area contributed by atoms with Gasteiger partial charge in [0.15, 0.2) is 0 Å². The first-order valence-corrected chi connectivity index (χ1v) is 10.9. The van der Waals surface area contributed by atoms with Crippen molar-refractivity contribution in [3.8, 4) is 0 Å². The number of carbonyl (C=O) groups excluding carboxylic acids is 2. The zero-order valence-electron chi connectivity index (χ0n) is 17.0. The van der Waals surface area contributed by atoms with Crippen LogP contribution in [-0.4, -0.2) is 37.5 Å². The molecule has 1 fully saturated rings. The zero-order valence-corrected chi connectivity index (χ0v) is 18.5. The summed E-state index contributed by atoms with van der Waals surface area (Å²) in [4.78, 5) is 27.3. The number of piperidine rings is 1. The molecule has 1 saturated heterocycles. The second-order valence-corrected chi connectivity index (χ2v) is 8.78. The van der Waals surface area contributed by atoms with Crippen molar-refractivity contribution in [2.45, 2.75) is 32.7 Å². The smallest absolute Gasteiger partial charge is 0.253 e. The Hall–Kier alpha value is -2.34. The van der Waals surface area contributed by atoms with Crippen LogP contribution in [0, 0.1) is 5.92 Å². The number of carbonyl (C=O) groups is 2. The van der Waals surface area contributed by atoms with Gasteiger partial charge in [-0.3, -0.25) is 9.59 Å². The molecule has 0 spiro atoms. The molecular weight excluding hydrogens is 430 g/mol. The van der Waals surface area contributed by atoms with E-state index in [-0.39, 0.29) is 17.9 Å². The summed E-state index contributed by atoms with van der Waals surface area (Å²) in [6.07, 6.45) is 1.70. The molecule has 1 aliphatic heterocycles. The molecule has 2 N–H and O–H groups in total. The van der Waals surface area contributed by atoms with Gasteiger partial charge in [0.05, 0.1) is 5.56 Å². The van der Waals surface area contributed by atoms with Gasteiger partial charge in [-0.05, 0) is 55.2 Å². The van der Waals surface area contributed by atoms with Crippen molar-refractivity contribution in [3.05, 3.63) is 64.1 Å². The zero-order chi connectivity index (χ0) is 20.8. The molecule has 0 atom stereocenters. The number of halogens is 1. The molecule has 154 valence electrons. The topological polar surface area (TPSA) is 61.4 Å². The van der Waals surface area contributed by atoms with Crippen LogP contribution in [0.1, 0.15) is 47.4 Å². The standard InChI is InChI=1S/C23H28BrN3O2/c1-16(2)15-25-23(29)20-5-3-4-6-21(20)27-13-11-19(12-14-27)26-22(28)17-7-9-18(24)10-8-17/h3-10,16,19H,11-15H2,1-2H3,(H,25,29)(H,26,28). The second kappa shape index (κ2) is 9.92. The Morgan fingerprint density at radius 2 is 1.69 bits per heavy atom. The number of benzene rings is 2. The van der Waals surface area contributed by atoms with Crippen molar-refractivity contribution in [1.82, 2.24) is 10.6 Å². The van der Waals surface area contributed by atoms with E-state index in [4.69, 9.17) is 0 Å². The highest BCUT2D eigenvalue weighted by atomic mass is 79.9. The highest BCUT2D eigenvalue weighted by Gasteiger charge is 2.24. The third-order valence-electron chi connectivity index (χ3n) is 5.10. The van der Waals surface area contributed by atoms with Crippen LogP contribution in [0.2, 0.25) is 0 Å². The summed E-state index contributed by atoms with van der Waals surface area (Å²) in [7, 11) is 0. The Balaban J connectivity index is 1.59. The maximum atomic E-state index is 12.6. The van der Waals surface area contributed by atoms with Crippen molar-refractivity contribution in [3.63, 3.8) is 0 Å². The highest BCUT2D eigenvalue weighted by Crippen LogP contribution is 2.24. The Bertz CT molecular complexity index is 843. The molecule has 2 aromatic rings. The molecule has 5 nitrogen and oxygen atoms in total. The van der Waals surface area contributed by atoms with Gasteiger partial charge < -0.3 is 15.5 Å². The number of anilines is 1. The minimum Gasteiger partial charge on any atom is -0.371 e. The lowest BCUT2D eigenvalue weighted by atomic mass is 10.0. The number of nitrogens with one attached hydrogen (secondary N) is 2. The molecule has 0 aromatic heterocycles. The number of nitrogens with zero attached hydrogens (tertiary/aromatic N) is 1. The van der Waals surface area contributed by atoms with Gasteiger partial charge >= 0.3 is 0 Å². The van der Waals surface area contributed by atoms with E-state index in [2.05, 4.69) is 45.3 Å². The Morgan fingerprint density at radius 1 is 1.03 bits per heavy atom. The van der Waals surface area contributed by atoms with Gasteiger partial charge in [-0.1, -0.05) is 41.9 Å². The molecule has 0 bridgehead atoms. The molecule has 0 unspecified atom stereocenters. The summed E-state index contributed by atoms with van der Waals surface area (Å²) in [6.45, 7) is 6.44. The lowest BCUT2D eigenvalue weighted by molar-refractivity contribution is 0.0929. The predicted molar refractivity (Wildman–Crippen MR) is 120 cm³/mol. The van der Waals surface area contributed by atoms with Crippen LogP contribution in [0.25, 0.3) is 0 Å². The van der Waals surface area contributed by atoms with Crippen molar-refractivity contribution in [2.24, 2.45) is 5.92 Å². The van der Waals surface area contributed by atoms with Crippen LogP contribution in [0.5, 0.6) is 0 Å². The lowest BCUT2D eigenvalue weighted by Crippen LogP contribution is -2.45. The molecule has 3 rings (SSSR count). The normalized spacial score (nSPS) is 14.7. The first-order chi connectivity index (χ1) is 13.9. The minimum absolute atomic E-state index is 0.0278. The fourth-order valence-corrected chi connectivity index (χ4v) is 3.73. The lowest BCUT2D eigenvalue weighted by Gasteiger charge is -2.35. The van der Waals surface area contributed by atoms with Crippen LogP contribution in [0.4, 0.5) is 5.69 Å². The van der Waals surface area contributed by atoms with Crippen LogP contribution in [-0.2, 0) is 0 Å². The molecule has 0 aliphatic carbocycles. The number of amides is 2. The minimum atomic E-state index is -0.0376. The molecule has 29 heavy (non-hydrogen) atoms. The van der Waals surface area contributed by atoms with E-state index in [1.807, 2.05) is 48.5 Å². The number of hydrogen-bond donors (Lipinski definition) is 2. The summed E-state index contributed by atoms with van der Waals surface area (Å²) in [5.74, 6) is 0.348. The van der Waals surface area contributed by atoms with Crippen LogP contribution < -0.4 is 15.5 Å². The van der Waals surface area contributed by atoms with E-state index in [0.29, 0.717) is 23.6 Å². The molecule has 0 radical (unpaired) electrons. The van der Waals surface area contributed by atoms with E-state index >= 15 is 0 Å². The molecule has 1 aliphatic rings. The first-order valence-electron chi connectivity index (χ1n) is 10.1. The summed E-state index contributed by atoms with van der Waals surface area (Å²) < 4.78 is 0.957. The third-order valence-corrected chi connectivity index (χ3v) is 5.63. The summed E-state index contributed by atoms with van der Waals surface area (Å²) in [5.41, 5.74) is 2.35. The van der Waals surface area contributed by atoms with Gasteiger partial charge in [0.25, 0.3) is 11.8 Å². The Morgan fingerprint density at radius 3 is 2.34 bits per heavy atom. The Kier molecular flexibility index (Phi) is 7.31. The average Bonchev–Trinajstić information content (AvgIpc) is 2.73. The van der Waals surface area contributed by atoms with Crippen molar-refractivity contribution in [2.75, 3.05) is 24.5 Å². The highest BCUT2D eigenvalue weighted by molar-refractivity contribution is 9.10. The molecule has 6 heteroatoms. The van der Waals surface area contributed by atoms with E-state index < -0.39 is 0 Å². The van der Waals surface area contributed by atoms with Crippen molar-refractivity contribution in [1.29, 1.82) is 0 Å². The summed E-state index contributed by atoms with van der Waals surface area (Å²) in [6, 6.07) is 15.3. The van der Waals surface area contributed by atoms with Gasteiger partial charge in [-0.2, -0.15) is 0 Å². The molecule has 1 heterocycles. The largest absolute Gasteiger partial charge is 0.371 e. The molecule has 0 saturated carbocycles. The van der Waals surface area contributed by atoms with E-state index in [1.54, 1.807) is 0 Å². The van der Waals surface area contributed by atoms with E-state index in [0.717, 1.165) is 36.1 Å². The van der Waals surface area contributed by atoms with E-state index in [1.165, 1.54) is 0 Å². The number of rotatable bonds is 6. The van der Waals surface area contributed by atoms with Gasteiger partial charge in [-0.15, -0.1) is 0 Å².